The molecule has 130 valence electrons. The van der Waals surface area contributed by atoms with Gasteiger partial charge in [-0.05, 0) is 44.4 Å². The van der Waals surface area contributed by atoms with Gasteiger partial charge in [-0.3, -0.25) is 4.79 Å². The minimum atomic E-state index is -0.924. The third-order valence-corrected chi connectivity index (χ3v) is 5.22. The predicted octanol–water partition coefficient (Wildman–Crippen LogP) is 1.92. The van der Waals surface area contributed by atoms with Crippen LogP contribution in [0.1, 0.15) is 38.7 Å². The zero-order valence-electron chi connectivity index (χ0n) is 13.9. The van der Waals surface area contributed by atoms with Crippen molar-refractivity contribution in [2.24, 2.45) is 0 Å². The molecular formula is C18H22O6. The van der Waals surface area contributed by atoms with Gasteiger partial charge in [0.2, 0.25) is 6.79 Å². The van der Waals surface area contributed by atoms with Gasteiger partial charge in [0.05, 0.1) is 11.5 Å². The lowest BCUT2D eigenvalue weighted by Gasteiger charge is -2.42. The van der Waals surface area contributed by atoms with E-state index in [1.807, 2.05) is 32.0 Å². The summed E-state index contributed by atoms with van der Waals surface area (Å²) in [6.07, 6.45) is 0.780. The summed E-state index contributed by atoms with van der Waals surface area (Å²) in [5.41, 5.74) is -0.131. The normalized spacial score (nSPS) is 33.5. The third kappa shape index (κ3) is 2.24. The molecule has 1 saturated heterocycles. The maximum atomic E-state index is 13.0. The smallest absolute Gasteiger partial charge is 0.231 e. The largest absolute Gasteiger partial charge is 0.454 e. The summed E-state index contributed by atoms with van der Waals surface area (Å²) in [7, 11) is 0. The number of Topliss-reactive ketones (excluding diaryl/α,β-unsaturated/α-hetero) is 1. The molecule has 0 amide bonds. The van der Waals surface area contributed by atoms with Crippen LogP contribution in [0.5, 0.6) is 11.5 Å². The molecule has 6 nitrogen and oxygen atoms in total. The molecule has 0 unspecified atom stereocenters. The maximum absolute atomic E-state index is 13.0. The van der Waals surface area contributed by atoms with Crippen molar-refractivity contribution in [2.45, 2.75) is 56.5 Å². The first-order chi connectivity index (χ1) is 11.5. The summed E-state index contributed by atoms with van der Waals surface area (Å²) in [5.74, 6) is 0.634. The summed E-state index contributed by atoms with van der Waals surface area (Å²) in [4.78, 5) is 13.0. The van der Waals surface area contributed by atoms with Gasteiger partial charge in [0.15, 0.2) is 17.3 Å². The number of carbonyl (C=O) groups excluding carboxylic acids is 1. The molecule has 2 fully saturated rings. The number of aliphatic hydroxyl groups is 1. The first kappa shape index (κ1) is 15.9. The second-order valence-corrected chi connectivity index (χ2v) is 7.07. The van der Waals surface area contributed by atoms with Crippen molar-refractivity contribution in [3.63, 3.8) is 0 Å². The van der Waals surface area contributed by atoms with Gasteiger partial charge in [-0.2, -0.15) is 0 Å². The van der Waals surface area contributed by atoms with Crippen molar-refractivity contribution in [3.8, 4) is 11.5 Å². The van der Waals surface area contributed by atoms with Crippen molar-refractivity contribution >= 4 is 5.78 Å². The molecule has 24 heavy (non-hydrogen) atoms. The molecule has 1 aromatic carbocycles. The Hall–Kier alpha value is -1.63. The Labute approximate surface area is 140 Å². The number of hydrogen-bond acceptors (Lipinski definition) is 6. The highest BCUT2D eigenvalue weighted by molar-refractivity contribution is 5.92. The van der Waals surface area contributed by atoms with Crippen LogP contribution in [-0.4, -0.2) is 42.3 Å². The number of benzene rings is 1. The molecule has 3 aliphatic rings. The van der Waals surface area contributed by atoms with Crippen LogP contribution in [0.4, 0.5) is 0 Å². The number of ketones is 1. The fraction of sp³-hybridized carbons (Fsp3) is 0.611. The molecule has 0 spiro atoms. The van der Waals surface area contributed by atoms with Gasteiger partial charge >= 0.3 is 0 Å². The lowest BCUT2D eigenvalue weighted by Crippen LogP contribution is -2.55. The summed E-state index contributed by atoms with van der Waals surface area (Å²) < 4.78 is 23.0. The molecule has 6 heteroatoms. The van der Waals surface area contributed by atoms with Gasteiger partial charge in [0.25, 0.3) is 0 Å². The molecule has 1 saturated carbocycles. The topological polar surface area (TPSA) is 74.2 Å². The zero-order valence-corrected chi connectivity index (χ0v) is 13.9. The van der Waals surface area contributed by atoms with Crippen molar-refractivity contribution < 1.29 is 28.8 Å². The standard InChI is InChI=1S/C18H22O6/c1-17(2)23-13-5-6-15(20)18(7-8-19,16(13)24-17)11-3-4-12-14(9-11)22-10-21-12/h3-4,9,13,16,19H,5-8,10H2,1-2H3/t13-,16-,18-/m0/s1. The molecule has 0 bridgehead atoms. The van der Waals surface area contributed by atoms with Gasteiger partial charge < -0.3 is 24.1 Å². The van der Waals surface area contributed by atoms with Gasteiger partial charge in [-0.15, -0.1) is 0 Å². The number of aliphatic hydroxyl groups excluding tert-OH is 1. The molecule has 2 heterocycles. The van der Waals surface area contributed by atoms with Crippen LogP contribution in [0.15, 0.2) is 18.2 Å². The minimum Gasteiger partial charge on any atom is -0.454 e. The molecule has 1 aromatic rings. The van der Waals surface area contributed by atoms with Crippen molar-refractivity contribution in [3.05, 3.63) is 23.8 Å². The molecule has 1 N–H and O–H groups in total. The number of carbonyl (C=O) groups is 1. The Bertz CT molecular complexity index is 669. The molecule has 4 rings (SSSR count). The van der Waals surface area contributed by atoms with Gasteiger partial charge in [-0.25, -0.2) is 0 Å². The van der Waals surface area contributed by atoms with Crippen molar-refractivity contribution in [1.82, 2.24) is 0 Å². The second kappa shape index (κ2) is 5.44. The quantitative estimate of drug-likeness (QED) is 0.910. The molecule has 0 radical (unpaired) electrons. The molecule has 1 aliphatic carbocycles. The number of ether oxygens (including phenoxy) is 4. The fourth-order valence-electron chi connectivity index (χ4n) is 4.22. The Kier molecular flexibility index (Phi) is 3.60. The maximum Gasteiger partial charge on any atom is 0.231 e. The van der Waals surface area contributed by atoms with E-state index in [1.54, 1.807) is 0 Å². The lowest BCUT2D eigenvalue weighted by atomic mass is 9.63. The van der Waals surface area contributed by atoms with E-state index in [0.29, 0.717) is 30.8 Å². The molecular weight excluding hydrogens is 312 g/mol. The Morgan fingerprint density at radius 2 is 2.00 bits per heavy atom. The second-order valence-electron chi connectivity index (χ2n) is 7.07. The van der Waals surface area contributed by atoms with Gasteiger partial charge in [-0.1, -0.05) is 6.07 Å². The van der Waals surface area contributed by atoms with Crippen LogP contribution < -0.4 is 9.47 Å². The van der Waals surface area contributed by atoms with E-state index < -0.39 is 17.3 Å². The third-order valence-electron chi connectivity index (χ3n) is 5.22. The van der Waals surface area contributed by atoms with Gasteiger partial charge in [0, 0.05) is 13.0 Å². The first-order valence-electron chi connectivity index (χ1n) is 8.36. The van der Waals surface area contributed by atoms with E-state index in [0.717, 1.165) is 5.56 Å². The summed E-state index contributed by atoms with van der Waals surface area (Å²) >= 11 is 0. The van der Waals surface area contributed by atoms with Crippen LogP contribution in [0.25, 0.3) is 0 Å². The predicted molar refractivity (Wildman–Crippen MR) is 84.0 cm³/mol. The zero-order chi connectivity index (χ0) is 16.9. The van der Waals surface area contributed by atoms with Crippen molar-refractivity contribution in [1.29, 1.82) is 0 Å². The fourth-order valence-corrected chi connectivity index (χ4v) is 4.22. The van der Waals surface area contributed by atoms with Crippen molar-refractivity contribution in [2.75, 3.05) is 13.4 Å². The Morgan fingerprint density at radius 1 is 1.21 bits per heavy atom. The average Bonchev–Trinajstić information content (AvgIpc) is 3.12. The van der Waals surface area contributed by atoms with Crippen LogP contribution in [0.3, 0.4) is 0 Å². The van der Waals surface area contributed by atoms with Gasteiger partial charge in [0.1, 0.15) is 11.9 Å². The van der Waals surface area contributed by atoms with E-state index in [-0.39, 0.29) is 25.3 Å². The van der Waals surface area contributed by atoms with Crippen LogP contribution in [-0.2, 0) is 19.7 Å². The van der Waals surface area contributed by atoms with Crippen LogP contribution in [0, 0.1) is 0 Å². The number of fused-ring (bicyclic) bond motifs is 2. The SMILES string of the molecule is CC1(C)O[C@H]2CCC(=O)[C@](CCO)(c3ccc4c(c3)OCO4)[C@H]2O1. The highest BCUT2D eigenvalue weighted by Crippen LogP contribution is 2.49. The highest BCUT2D eigenvalue weighted by atomic mass is 16.8. The van der Waals surface area contributed by atoms with E-state index in [2.05, 4.69) is 0 Å². The Balaban J connectivity index is 1.82. The van der Waals surface area contributed by atoms with Crippen LogP contribution in [0.2, 0.25) is 0 Å². The van der Waals surface area contributed by atoms with Crippen LogP contribution >= 0.6 is 0 Å². The number of rotatable bonds is 3. The highest BCUT2D eigenvalue weighted by Gasteiger charge is 2.59. The molecule has 0 aromatic heterocycles. The van der Waals surface area contributed by atoms with E-state index >= 15 is 0 Å². The lowest BCUT2D eigenvalue weighted by molar-refractivity contribution is -0.154. The average molecular weight is 334 g/mol. The summed E-state index contributed by atoms with van der Waals surface area (Å²) in [6.45, 7) is 3.80. The van der Waals surface area contributed by atoms with E-state index in [4.69, 9.17) is 18.9 Å². The van der Waals surface area contributed by atoms with E-state index in [9.17, 15) is 9.90 Å². The summed E-state index contributed by atoms with van der Waals surface area (Å²) in [6, 6.07) is 5.53. The number of hydrogen-bond donors (Lipinski definition) is 1. The monoisotopic (exact) mass is 334 g/mol. The first-order valence-corrected chi connectivity index (χ1v) is 8.36. The molecule has 3 atom stereocenters. The van der Waals surface area contributed by atoms with E-state index in [1.165, 1.54) is 0 Å². The Morgan fingerprint density at radius 3 is 2.79 bits per heavy atom. The minimum absolute atomic E-state index is 0.0814. The summed E-state index contributed by atoms with van der Waals surface area (Å²) in [5, 5.41) is 9.70. The molecule has 2 aliphatic heterocycles.